The lowest BCUT2D eigenvalue weighted by atomic mass is 9.82. The number of nitrogens with zero attached hydrogens (tertiary/aromatic N) is 2. The predicted molar refractivity (Wildman–Crippen MR) is 174 cm³/mol. The highest BCUT2D eigenvalue weighted by atomic mass is 32.2. The van der Waals surface area contributed by atoms with Gasteiger partial charge < -0.3 is 4.90 Å². The highest BCUT2D eigenvalue weighted by Crippen LogP contribution is 2.48. The number of amides is 1. The Balaban J connectivity index is 0.000000167. The molecule has 3 atom stereocenters. The number of fused-ring (bicyclic) bond motifs is 1. The molecule has 3 aromatic rings. The summed E-state index contributed by atoms with van der Waals surface area (Å²) in [5.41, 5.74) is 5.62. The maximum atomic E-state index is 12.5. The normalized spacial score (nSPS) is 20.4. The molecule has 46 heavy (non-hydrogen) atoms. The van der Waals surface area contributed by atoms with Crippen molar-refractivity contribution in [1.29, 1.82) is 0 Å². The van der Waals surface area contributed by atoms with Gasteiger partial charge >= 0.3 is 6.18 Å². The van der Waals surface area contributed by atoms with E-state index in [4.69, 9.17) is 5.14 Å². The average Bonchev–Trinajstić information content (AvgIpc) is 3.82. The third-order valence-corrected chi connectivity index (χ3v) is 9.27. The van der Waals surface area contributed by atoms with Crippen molar-refractivity contribution in [3.63, 3.8) is 0 Å². The van der Waals surface area contributed by atoms with Crippen molar-refractivity contribution in [3.05, 3.63) is 119 Å². The van der Waals surface area contributed by atoms with Gasteiger partial charge in [-0.05, 0) is 110 Å². The van der Waals surface area contributed by atoms with Gasteiger partial charge in [0.1, 0.15) is 0 Å². The molecule has 1 heterocycles. The molecule has 3 aliphatic carbocycles. The topological polar surface area (TPSA) is 93.4 Å². The number of alkyl halides is 3. The van der Waals surface area contributed by atoms with Crippen LogP contribution in [0.3, 0.4) is 0 Å². The summed E-state index contributed by atoms with van der Waals surface area (Å²) in [6.07, 6.45) is 8.22. The minimum atomic E-state index is -4.48. The Bertz CT molecular complexity index is 1650. The first-order chi connectivity index (χ1) is 21.7. The van der Waals surface area contributed by atoms with Crippen molar-refractivity contribution in [1.82, 2.24) is 9.88 Å². The number of benzene rings is 2. The zero-order valence-electron chi connectivity index (χ0n) is 26.5. The number of aryl methyl sites for hydroxylation is 1. The second kappa shape index (κ2) is 15.2. The van der Waals surface area contributed by atoms with Gasteiger partial charge in [-0.3, -0.25) is 9.78 Å². The summed E-state index contributed by atoms with van der Waals surface area (Å²) in [4.78, 5) is 18.4. The van der Waals surface area contributed by atoms with E-state index in [0.29, 0.717) is 24.6 Å². The van der Waals surface area contributed by atoms with E-state index in [9.17, 15) is 26.4 Å². The highest BCUT2D eigenvalue weighted by Gasteiger charge is 2.45. The molecule has 0 bridgehead atoms. The van der Waals surface area contributed by atoms with Crippen molar-refractivity contribution in [2.75, 3.05) is 7.05 Å². The van der Waals surface area contributed by atoms with Gasteiger partial charge in [0.2, 0.25) is 15.9 Å². The van der Waals surface area contributed by atoms with Crippen molar-refractivity contribution in [2.24, 2.45) is 17.0 Å². The third kappa shape index (κ3) is 10.1. The number of rotatable bonds is 5. The van der Waals surface area contributed by atoms with Crippen LogP contribution in [0, 0.1) is 18.8 Å². The fraction of sp³-hybridized carbons (Fsp3) is 0.389. The van der Waals surface area contributed by atoms with E-state index in [1.807, 2.05) is 50.4 Å². The Kier molecular flexibility index (Phi) is 11.6. The molecule has 1 amide bonds. The lowest BCUT2D eigenvalue weighted by molar-refractivity contribution is -0.137. The molecule has 2 aromatic carbocycles. The maximum absolute atomic E-state index is 12.5. The predicted octanol–water partition coefficient (Wildman–Crippen LogP) is 7.96. The van der Waals surface area contributed by atoms with Gasteiger partial charge in [-0.1, -0.05) is 55.5 Å². The van der Waals surface area contributed by atoms with Crippen molar-refractivity contribution in [2.45, 2.75) is 75.9 Å². The number of nitrogens with two attached hydrogens (primary N) is 1. The van der Waals surface area contributed by atoms with Crippen molar-refractivity contribution >= 4 is 15.9 Å². The van der Waals surface area contributed by atoms with E-state index >= 15 is 0 Å². The lowest BCUT2D eigenvalue weighted by Crippen LogP contribution is -2.28. The number of allylic oxidation sites excluding steroid dienone is 4. The second-order valence-corrected chi connectivity index (χ2v) is 13.8. The Morgan fingerprint density at radius 1 is 0.957 bits per heavy atom. The summed E-state index contributed by atoms with van der Waals surface area (Å²) in [5, 5.41) is 4.71. The van der Waals surface area contributed by atoms with Crippen LogP contribution in [0.5, 0.6) is 0 Å². The van der Waals surface area contributed by atoms with Crippen LogP contribution in [-0.4, -0.2) is 31.3 Å². The summed E-state index contributed by atoms with van der Waals surface area (Å²) in [5.74, 6) is 1.56. The molecule has 246 valence electrons. The van der Waals surface area contributed by atoms with Crippen molar-refractivity contribution in [3.8, 4) is 0 Å². The number of primary sulfonamides is 1. The molecule has 0 aliphatic heterocycles. The van der Waals surface area contributed by atoms with E-state index in [1.54, 1.807) is 16.0 Å². The molecule has 0 spiro atoms. The first-order valence-corrected chi connectivity index (χ1v) is 17.1. The van der Waals surface area contributed by atoms with Gasteiger partial charge in [-0.2, -0.15) is 13.2 Å². The van der Waals surface area contributed by atoms with E-state index in [2.05, 4.69) is 36.2 Å². The number of sulfonamides is 1. The molecule has 2 saturated carbocycles. The average molecular weight is 654 g/mol. The molecule has 6 nitrogen and oxygen atoms in total. The second-order valence-electron chi connectivity index (χ2n) is 12.2. The van der Waals surface area contributed by atoms with E-state index < -0.39 is 21.8 Å². The standard InChI is InChI=1S/C18H20N2O.C11H16.C7H6F3NO2S/c1-13-7-6-10-15(19-13)12-20(2)18(21)17-11-16(17)14-8-4-3-5-9-14;1-9-6-7-10-4-2-3-5-11(10)8-9;8-7(9,10)5-1-3-6(4-2-5)14(11,12)13/h3-10,16-17H,11-12H2,1-2H3;7-9H,2-6H2,1H3;1-4H,(H2,11,12,13). The summed E-state index contributed by atoms with van der Waals surface area (Å²) < 4.78 is 57.5. The molecule has 0 radical (unpaired) electrons. The van der Waals surface area contributed by atoms with Gasteiger partial charge in [0.25, 0.3) is 0 Å². The van der Waals surface area contributed by atoms with Crippen LogP contribution in [-0.2, 0) is 27.5 Å². The number of carbonyl (C=O) groups is 1. The van der Waals surface area contributed by atoms with Crippen LogP contribution in [0.15, 0.2) is 101 Å². The molecule has 0 saturated heterocycles. The molecular weight excluding hydrogens is 611 g/mol. The molecule has 2 N–H and O–H groups in total. The lowest BCUT2D eigenvalue weighted by Gasteiger charge is -2.23. The maximum Gasteiger partial charge on any atom is 0.416 e. The first-order valence-electron chi connectivity index (χ1n) is 15.5. The van der Waals surface area contributed by atoms with Crippen LogP contribution < -0.4 is 5.14 Å². The van der Waals surface area contributed by atoms with Crippen LogP contribution in [0.4, 0.5) is 13.2 Å². The zero-order valence-corrected chi connectivity index (χ0v) is 27.3. The van der Waals surface area contributed by atoms with Gasteiger partial charge in [-0.15, -0.1) is 0 Å². The third-order valence-electron chi connectivity index (χ3n) is 8.34. The van der Waals surface area contributed by atoms with Gasteiger partial charge in [-0.25, -0.2) is 13.6 Å². The molecule has 3 unspecified atom stereocenters. The Labute approximate surface area is 270 Å². The van der Waals surface area contributed by atoms with E-state index in [0.717, 1.165) is 35.9 Å². The number of aromatic nitrogens is 1. The number of hydrogen-bond acceptors (Lipinski definition) is 4. The van der Waals surface area contributed by atoms with Crippen LogP contribution in [0.2, 0.25) is 0 Å². The monoisotopic (exact) mass is 653 g/mol. The van der Waals surface area contributed by atoms with Crippen LogP contribution >= 0.6 is 0 Å². The van der Waals surface area contributed by atoms with Gasteiger partial charge in [0.15, 0.2) is 0 Å². The summed E-state index contributed by atoms with van der Waals surface area (Å²) in [7, 11) is -2.06. The summed E-state index contributed by atoms with van der Waals surface area (Å²) in [6, 6.07) is 19.2. The quantitative estimate of drug-likeness (QED) is 0.302. The van der Waals surface area contributed by atoms with Crippen LogP contribution in [0.1, 0.15) is 73.9 Å². The number of carbonyl (C=O) groups excluding carboxylic acids is 1. The fourth-order valence-corrected chi connectivity index (χ4v) is 6.29. The molecule has 10 heteroatoms. The number of halogens is 3. The summed E-state index contributed by atoms with van der Waals surface area (Å²) in [6.45, 7) is 4.87. The van der Waals surface area contributed by atoms with E-state index in [1.165, 1.54) is 37.7 Å². The van der Waals surface area contributed by atoms with Crippen molar-refractivity contribution < 1.29 is 26.4 Å². The Morgan fingerprint density at radius 3 is 2.22 bits per heavy atom. The molecule has 2 fully saturated rings. The molecule has 6 rings (SSSR count). The van der Waals surface area contributed by atoms with Crippen LogP contribution in [0.25, 0.3) is 0 Å². The first kappa shape index (κ1) is 35.1. The minimum absolute atomic E-state index is 0.141. The zero-order chi connectivity index (χ0) is 33.5. The SMILES string of the molecule is CC1C=C2CCCCC2=CC1.Cc1cccc(CN(C)C(=O)C2CC2c2ccccc2)n1.NS(=O)(=O)c1ccc(C(F)(F)F)cc1. The largest absolute Gasteiger partial charge is 0.416 e. The molecule has 1 aromatic heterocycles. The Morgan fingerprint density at radius 2 is 1.61 bits per heavy atom. The number of pyridine rings is 1. The fourth-order valence-electron chi connectivity index (χ4n) is 5.78. The molecule has 3 aliphatic rings. The minimum Gasteiger partial charge on any atom is -0.340 e. The van der Waals surface area contributed by atoms with Gasteiger partial charge in [0, 0.05) is 18.7 Å². The van der Waals surface area contributed by atoms with E-state index in [-0.39, 0.29) is 16.7 Å². The summed E-state index contributed by atoms with van der Waals surface area (Å²) >= 11 is 0. The smallest absolute Gasteiger partial charge is 0.340 e. The van der Waals surface area contributed by atoms with Gasteiger partial charge in [0.05, 0.1) is 22.7 Å². The molecular formula is C36H42F3N3O3S. The highest BCUT2D eigenvalue weighted by molar-refractivity contribution is 7.89. The number of hydrogen-bond donors (Lipinski definition) is 1. The Hall–Kier alpha value is -3.76.